The van der Waals surface area contributed by atoms with Crippen molar-refractivity contribution in [3.63, 3.8) is 0 Å². The van der Waals surface area contributed by atoms with E-state index in [0.29, 0.717) is 4.90 Å². The van der Waals surface area contributed by atoms with Crippen molar-refractivity contribution in [2.75, 3.05) is 33.2 Å². The smallest absolute Gasteiger partial charge is 0.306 e. The Balaban J connectivity index is 1.98. The Hall–Kier alpha value is -0.290. The number of rotatable bonds is 0. The molecule has 0 aromatic carbocycles. The van der Waals surface area contributed by atoms with E-state index in [4.69, 9.17) is 0 Å². The van der Waals surface area contributed by atoms with E-state index in [1.54, 1.807) is 0 Å². The highest BCUT2D eigenvalue weighted by Gasteiger charge is 2.48. The van der Waals surface area contributed by atoms with E-state index in [1.165, 1.54) is 0 Å². The van der Waals surface area contributed by atoms with Gasteiger partial charge in [0.1, 0.15) is 0 Å². The van der Waals surface area contributed by atoms with Gasteiger partial charge in [-0.25, -0.2) is 4.90 Å². The first-order valence-corrected chi connectivity index (χ1v) is 4.47. The third-order valence-corrected chi connectivity index (χ3v) is 3.03. The zero-order chi connectivity index (χ0) is 9.64. The maximum Gasteiger partial charge on any atom is 0.459 e. The molecule has 0 amide bonds. The number of hydrogen-bond donors (Lipinski definition) is 0. The van der Waals surface area contributed by atoms with Crippen LogP contribution in [0, 0.1) is 11.8 Å². The summed E-state index contributed by atoms with van der Waals surface area (Å²) in [5, 5.41) is 0. The molecule has 0 aromatic rings. The molecule has 0 saturated carbocycles. The molecule has 2 heterocycles. The minimum absolute atomic E-state index is 0.193. The lowest BCUT2D eigenvalue weighted by molar-refractivity contribution is -0.240. The summed E-state index contributed by atoms with van der Waals surface area (Å²) in [4.78, 5) is 2.76. The summed E-state index contributed by atoms with van der Waals surface area (Å²) in [7, 11) is 1.97. The van der Waals surface area contributed by atoms with Gasteiger partial charge in [-0.05, 0) is 18.9 Å². The maximum atomic E-state index is 12.3. The van der Waals surface area contributed by atoms with Crippen molar-refractivity contribution in [1.82, 2.24) is 9.80 Å². The zero-order valence-electron chi connectivity index (χ0n) is 7.51. The van der Waals surface area contributed by atoms with Crippen LogP contribution in [0.1, 0.15) is 0 Å². The molecule has 0 bridgehead atoms. The van der Waals surface area contributed by atoms with E-state index in [2.05, 4.69) is 4.90 Å². The normalized spacial score (nSPS) is 36.9. The van der Waals surface area contributed by atoms with E-state index < -0.39 is 6.30 Å². The fourth-order valence-electron chi connectivity index (χ4n) is 2.43. The van der Waals surface area contributed by atoms with Crippen molar-refractivity contribution >= 4 is 0 Å². The second kappa shape index (κ2) is 2.85. The van der Waals surface area contributed by atoms with Crippen LogP contribution in [-0.4, -0.2) is 49.3 Å². The molecule has 2 fully saturated rings. The van der Waals surface area contributed by atoms with Gasteiger partial charge in [-0.3, -0.25) is 0 Å². The Labute approximate surface area is 75.3 Å². The highest BCUT2D eigenvalue weighted by molar-refractivity contribution is 4.92. The fraction of sp³-hybridized carbons (Fsp3) is 1.00. The Morgan fingerprint density at radius 2 is 1.46 bits per heavy atom. The van der Waals surface area contributed by atoms with Gasteiger partial charge in [0, 0.05) is 26.2 Å². The van der Waals surface area contributed by atoms with E-state index in [1.807, 2.05) is 7.05 Å². The van der Waals surface area contributed by atoms with Crippen molar-refractivity contribution < 1.29 is 13.2 Å². The lowest BCUT2D eigenvalue weighted by atomic mass is 10.0. The molecule has 0 N–H and O–H groups in total. The second-order valence-electron chi connectivity index (χ2n) is 4.11. The Kier molecular flexibility index (Phi) is 2.03. The highest BCUT2D eigenvalue weighted by atomic mass is 19.4. The minimum Gasteiger partial charge on any atom is -0.306 e. The van der Waals surface area contributed by atoms with Gasteiger partial charge in [-0.1, -0.05) is 0 Å². The average Bonchev–Trinajstić information content (AvgIpc) is 2.40. The molecule has 0 unspecified atom stereocenters. The van der Waals surface area contributed by atoms with Crippen LogP contribution in [0.5, 0.6) is 0 Å². The van der Waals surface area contributed by atoms with Crippen LogP contribution >= 0.6 is 0 Å². The van der Waals surface area contributed by atoms with Crippen LogP contribution in [0.3, 0.4) is 0 Å². The molecular weight excluding hydrogens is 181 g/mol. The first-order chi connectivity index (χ1) is 5.97. The summed E-state index contributed by atoms with van der Waals surface area (Å²) in [5.41, 5.74) is 0. The molecule has 13 heavy (non-hydrogen) atoms. The molecule has 76 valence electrons. The molecule has 0 aromatic heterocycles. The van der Waals surface area contributed by atoms with E-state index in [-0.39, 0.29) is 24.9 Å². The topological polar surface area (TPSA) is 6.48 Å². The summed E-state index contributed by atoms with van der Waals surface area (Å²) < 4.78 is 36.8. The monoisotopic (exact) mass is 194 g/mol. The third-order valence-electron chi connectivity index (χ3n) is 3.03. The van der Waals surface area contributed by atoms with Crippen LogP contribution < -0.4 is 0 Å². The molecule has 2 saturated heterocycles. The van der Waals surface area contributed by atoms with Crippen LogP contribution in [0.25, 0.3) is 0 Å². The van der Waals surface area contributed by atoms with Crippen LogP contribution in [0.15, 0.2) is 0 Å². The highest BCUT2D eigenvalue weighted by Crippen LogP contribution is 2.35. The molecule has 5 heteroatoms. The second-order valence-corrected chi connectivity index (χ2v) is 4.11. The van der Waals surface area contributed by atoms with Gasteiger partial charge >= 0.3 is 6.30 Å². The summed E-state index contributed by atoms with van der Waals surface area (Å²) in [6.07, 6.45) is -4.12. The van der Waals surface area contributed by atoms with Gasteiger partial charge in [0.05, 0.1) is 0 Å². The molecule has 0 spiro atoms. The first kappa shape index (κ1) is 9.27. The molecule has 2 aliphatic heterocycles. The van der Waals surface area contributed by atoms with Crippen LogP contribution in [0.4, 0.5) is 13.2 Å². The van der Waals surface area contributed by atoms with Gasteiger partial charge in [0.15, 0.2) is 0 Å². The summed E-state index contributed by atoms with van der Waals surface area (Å²) in [6, 6.07) is 0. The zero-order valence-corrected chi connectivity index (χ0v) is 7.51. The average molecular weight is 194 g/mol. The molecule has 0 radical (unpaired) electrons. The van der Waals surface area contributed by atoms with Gasteiger partial charge in [-0.2, -0.15) is 13.2 Å². The summed E-state index contributed by atoms with van der Waals surface area (Å²) in [6.45, 7) is 2.02. The maximum absolute atomic E-state index is 12.3. The largest absolute Gasteiger partial charge is 0.459 e. The van der Waals surface area contributed by atoms with Crippen molar-refractivity contribution in [2.24, 2.45) is 11.8 Å². The number of nitrogens with zero attached hydrogens (tertiary/aromatic N) is 2. The first-order valence-electron chi connectivity index (χ1n) is 4.47. The lowest BCUT2D eigenvalue weighted by Crippen LogP contribution is -2.38. The van der Waals surface area contributed by atoms with Gasteiger partial charge in [0.25, 0.3) is 0 Å². The molecule has 2 aliphatic rings. The number of hydrogen-bond acceptors (Lipinski definition) is 2. The lowest BCUT2D eigenvalue weighted by Gasteiger charge is -2.21. The Morgan fingerprint density at radius 3 is 1.85 bits per heavy atom. The number of fused-ring (bicyclic) bond motifs is 1. The molecule has 2 rings (SSSR count). The molecule has 0 aliphatic carbocycles. The standard InChI is InChI=1S/C8H13F3N2/c1-12-2-6-4-13(8(9,10)11)5-7(6)3-12/h6-7H,2-5H2,1H3/t6-,7+. The van der Waals surface area contributed by atoms with Gasteiger partial charge in [-0.15, -0.1) is 0 Å². The van der Waals surface area contributed by atoms with Crippen molar-refractivity contribution in [3.05, 3.63) is 0 Å². The predicted molar refractivity (Wildman–Crippen MR) is 42.1 cm³/mol. The molecule has 2 atom stereocenters. The number of alkyl halides is 3. The summed E-state index contributed by atoms with van der Waals surface area (Å²) in [5.74, 6) is 0.457. The van der Waals surface area contributed by atoms with Crippen LogP contribution in [-0.2, 0) is 0 Å². The fourth-order valence-corrected chi connectivity index (χ4v) is 2.43. The summed E-state index contributed by atoms with van der Waals surface area (Å²) >= 11 is 0. The predicted octanol–water partition coefficient (Wildman–Crippen LogP) is 1.000. The van der Waals surface area contributed by atoms with Crippen molar-refractivity contribution in [1.29, 1.82) is 0 Å². The number of likely N-dealkylation sites (tertiary alicyclic amines) is 2. The minimum atomic E-state index is -4.12. The van der Waals surface area contributed by atoms with Crippen molar-refractivity contribution in [3.8, 4) is 0 Å². The van der Waals surface area contributed by atoms with E-state index in [0.717, 1.165) is 13.1 Å². The van der Waals surface area contributed by atoms with E-state index >= 15 is 0 Å². The SMILES string of the molecule is CN1C[C@@H]2CN(C(F)(F)F)C[C@@H]2C1. The van der Waals surface area contributed by atoms with Crippen molar-refractivity contribution in [2.45, 2.75) is 6.30 Å². The molecule has 2 nitrogen and oxygen atoms in total. The van der Waals surface area contributed by atoms with E-state index in [9.17, 15) is 13.2 Å². The Bertz CT molecular complexity index is 190. The number of halogens is 3. The molecular formula is C8H13F3N2. The van der Waals surface area contributed by atoms with Crippen LogP contribution in [0.2, 0.25) is 0 Å². The Morgan fingerprint density at radius 1 is 1.00 bits per heavy atom. The van der Waals surface area contributed by atoms with Gasteiger partial charge < -0.3 is 4.90 Å². The quantitative estimate of drug-likeness (QED) is 0.531. The van der Waals surface area contributed by atoms with Gasteiger partial charge in [0.2, 0.25) is 0 Å². The third kappa shape index (κ3) is 1.67.